The molecule has 0 spiro atoms. The van der Waals surface area contributed by atoms with Crippen LogP contribution in [0.25, 0.3) is 0 Å². The van der Waals surface area contributed by atoms with Crippen LogP contribution in [0.2, 0.25) is 0 Å². The summed E-state index contributed by atoms with van der Waals surface area (Å²) in [5, 5.41) is 4.28. The molecule has 1 aromatic heterocycles. The second-order valence-electron chi connectivity index (χ2n) is 4.86. The fourth-order valence-electron chi connectivity index (χ4n) is 2.39. The Kier molecular flexibility index (Phi) is 4.36. The first kappa shape index (κ1) is 13.1. The number of aromatic nitrogens is 2. The molecule has 2 rings (SSSR count). The summed E-state index contributed by atoms with van der Waals surface area (Å²) in [6, 6.07) is 0. The van der Waals surface area contributed by atoms with E-state index in [1.807, 2.05) is 16.5 Å². The molecule has 5 heteroatoms. The van der Waals surface area contributed by atoms with Crippen molar-refractivity contribution in [1.29, 1.82) is 0 Å². The minimum absolute atomic E-state index is 0.131. The average molecular weight is 250 g/mol. The van der Waals surface area contributed by atoms with Gasteiger partial charge in [-0.15, -0.1) is 0 Å². The monoisotopic (exact) mass is 250 g/mol. The molecular weight excluding hydrogens is 228 g/mol. The van der Waals surface area contributed by atoms with Gasteiger partial charge < -0.3 is 10.6 Å². The summed E-state index contributed by atoms with van der Waals surface area (Å²) in [5.74, 6) is 0.131. The normalized spacial score (nSPS) is 16.0. The van der Waals surface area contributed by atoms with Crippen LogP contribution in [0.4, 0.5) is 0 Å². The molecule has 0 unspecified atom stereocenters. The molecule has 100 valence electrons. The molecule has 1 aliphatic heterocycles. The van der Waals surface area contributed by atoms with Crippen molar-refractivity contribution in [3.8, 4) is 0 Å². The van der Waals surface area contributed by atoms with Gasteiger partial charge in [-0.05, 0) is 39.2 Å². The Morgan fingerprint density at radius 2 is 2.11 bits per heavy atom. The minimum atomic E-state index is 0.131. The first-order valence-electron chi connectivity index (χ1n) is 6.76. The van der Waals surface area contributed by atoms with Crippen LogP contribution in [0.1, 0.15) is 41.7 Å². The topological polar surface area (TPSA) is 64.2 Å². The van der Waals surface area contributed by atoms with Crippen LogP contribution in [-0.2, 0) is 6.54 Å². The smallest absolute Gasteiger partial charge is 0.257 e. The van der Waals surface area contributed by atoms with Gasteiger partial charge in [0.2, 0.25) is 0 Å². The lowest BCUT2D eigenvalue weighted by Crippen LogP contribution is -2.35. The van der Waals surface area contributed by atoms with Crippen LogP contribution in [0.15, 0.2) is 6.20 Å². The predicted molar refractivity (Wildman–Crippen MR) is 70.4 cm³/mol. The second-order valence-corrected chi connectivity index (χ2v) is 4.86. The highest BCUT2D eigenvalue weighted by atomic mass is 16.2. The number of hydrogen-bond acceptors (Lipinski definition) is 3. The predicted octanol–water partition coefficient (Wildman–Crippen LogP) is 1.17. The maximum atomic E-state index is 12.4. The van der Waals surface area contributed by atoms with E-state index in [0.29, 0.717) is 6.54 Å². The molecule has 0 aromatic carbocycles. The Morgan fingerprint density at radius 1 is 1.39 bits per heavy atom. The Hall–Kier alpha value is -1.36. The molecule has 0 atom stereocenters. The van der Waals surface area contributed by atoms with E-state index >= 15 is 0 Å². The van der Waals surface area contributed by atoms with Crippen LogP contribution in [-0.4, -0.2) is 40.2 Å². The van der Waals surface area contributed by atoms with Gasteiger partial charge in [0.25, 0.3) is 5.91 Å². The average Bonchev–Trinajstić information content (AvgIpc) is 2.78. The highest BCUT2D eigenvalue weighted by Gasteiger charge is 2.21. The Labute approximate surface area is 108 Å². The van der Waals surface area contributed by atoms with Crippen molar-refractivity contribution in [3.05, 3.63) is 17.5 Å². The molecule has 1 fully saturated rings. The molecule has 0 aliphatic carbocycles. The molecule has 1 amide bonds. The van der Waals surface area contributed by atoms with Crippen molar-refractivity contribution in [1.82, 2.24) is 14.7 Å². The van der Waals surface area contributed by atoms with Crippen molar-refractivity contribution in [2.24, 2.45) is 5.73 Å². The maximum Gasteiger partial charge on any atom is 0.257 e. The van der Waals surface area contributed by atoms with Crippen LogP contribution in [0.5, 0.6) is 0 Å². The maximum absolute atomic E-state index is 12.4. The molecule has 1 aromatic rings. The van der Waals surface area contributed by atoms with Crippen molar-refractivity contribution in [3.63, 3.8) is 0 Å². The largest absolute Gasteiger partial charge is 0.339 e. The number of carbonyl (C=O) groups is 1. The van der Waals surface area contributed by atoms with Crippen molar-refractivity contribution in [2.75, 3.05) is 19.6 Å². The van der Waals surface area contributed by atoms with E-state index in [0.717, 1.165) is 50.2 Å². The van der Waals surface area contributed by atoms with Gasteiger partial charge in [0.1, 0.15) is 0 Å². The summed E-state index contributed by atoms with van der Waals surface area (Å²) in [5.41, 5.74) is 7.20. The summed E-state index contributed by atoms with van der Waals surface area (Å²) >= 11 is 0. The summed E-state index contributed by atoms with van der Waals surface area (Å²) in [4.78, 5) is 14.3. The van der Waals surface area contributed by atoms with Gasteiger partial charge in [0.05, 0.1) is 11.8 Å². The van der Waals surface area contributed by atoms with Crippen molar-refractivity contribution in [2.45, 2.75) is 39.2 Å². The van der Waals surface area contributed by atoms with Crippen molar-refractivity contribution >= 4 is 5.91 Å². The molecule has 0 bridgehead atoms. The molecule has 0 radical (unpaired) electrons. The lowest BCUT2D eigenvalue weighted by molar-refractivity contribution is 0.0723. The highest BCUT2D eigenvalue weighted by molar-refractivity contribution is 5.95. The quantitative estimate of drug-likeness (QED) is 0.872. The van der Waals surface area contributed by atoms with E-state index in [-0.39, 0.29) is 5.91 Å². The first-order valence-corrected chi connectivity index (χ1v) is 6.76. The molecule has 1 saturated heterocycles. The van der Waals surface area contributed by atoms with Gasteiger partial charge in [-0.2, -0.15) is 5.10 Å². The number of nitrogens with two attached hydrogens (primary N) is 1. The Balaban J connectivity index is 2.07. The third-order valence-corrected chi connectivity index (χ3v) is 3.55. The number of aryl methyl sites for hydroxylation is 1. The Morgan fingerprint density at radius 3 is 2.78 bits per heavy atom. The zero-order chi connectivity index (χ0) is 13.0. The number of nitrogens with zero attached hydrogens (tertiary/aromatic N) is 3. The number of amides is 1. The number of carbonyl (C=O) groups excluding carboxylic acids is 1. The van der Waals surface area contributed by atoms with Crippen LogP contribution >= 0.6 is 0 Å². The van der Waals surface area contributed by atoms with Gasteiger partial charge in [-0.1, -0.05) is 0 Å². The van der Waals surface area contributed by atoms with E-state index < -0.39 is 0 Å². The molecule has 18 heavy (non-hydrogen) atoms. The van der Waals surface area contributed by atoms with Crippen molar-refractivity contribution < 1.29 is 4.79 Å². The van der Waals surface area contributed by atoms with E-state index in [9.17, 15) is 4.79 Å². The highest BCUT2D eigenvalue weighted by Crippen LogP contribution is 2.15. The second kappa shape index (κ2) is 6.00. The van der Waals surface area contributed by atoms with Crippen LogP contribution in [0, 0.1) is 6.92 Å². The number of hydrogen-bond donors (Lipinski definition) is 1. The summed E-state index contributed by atoms with van der Waals surface area (Å²) in [7, 11) is 0. The van der Waals surface area contributed by atoms with Crippen LogP contribution in [0.3, 0.4) is 0 Å². The number of piperidine rings is 1. The minimum Gasteiger partial charge on any atom is -0.339 e. The summed E-state index contributed by atoms with van der Waals surface area (Å²) < 4.78 is 1.88. The summed E-state index contributed by atoms with van der Waals surface area (Å²) in [6.07, 6.45) is 6.05. The van der Waals surface area contributed by atoms with Gasteiger partial charge in [-0.3, -0.25) is 9.48 Å². The summed E-state index contributed by atoms with van der Waals surface area (Å²) in [6.45, 7) is 5.16. The van der Waals surface area contributed by atoms with E-state index in [2.05, 4.69) is 5.10 Å². The molecule has 2 N–H and O–H groups in total. The third-order valence-electron chi connectivity index (χ3n) is 3.55. The number of likely N-dealkylation sites (tertiary alicyclic amines) is 1. The lowest BCUT2D eigenvalue weighted by Gasteiger charge is -2.26. The molecule has 5 nitrogen and oxygen atoms in total. The zero-order valence-electron chi connectivity index (χ0n) is 11.1. The van der Waals surface area contributed by atoms with E-state index in [4.69, 9.17) is 5.73 Å². The van der Waals surface area contributed by atoms with E-state index in [1.54, 1.807) is 6.20 Å². The lowest BCUT2D eigenvalue weighted by atomic mass is 10.1. The first-order chi connectivity index (χ1) is 8.74. The molecule has 2 heterocycles. The molecule has 0 saturated carbocycles. The standard InChI is InChI=1S/C13H22N4O/c1-11-12(10-15-17(11)9-5-6-14)13(18)16-7-3-2-4-8-16/h10H,2-9,14H2,1H3. The molecular formula is C13H22N4O. The van der Waals surface area contributed by atoms with Gasteiger partial charge in [-0.25, -0.2) is 0 Å². The van der Waals surface area contributed by atoms with E-state index in [1.165, 1.54) is 6.42 Å². The van der Waals surface area contributed by atoms with Gasteiger partial charge >= 0.3 is 0 Å². The van der Waals surface area contributed by atoms with Gasteiger partial charge in [0, 0.05) is 25.3 Å². The number of rotatable bonds is 4. The Bertz CT molecular complexity index is 407. The zero-order valence-corrected chi connectivity index (χ0v) is 11.1. The van der Waals surface area contributed by atoms with Gasteiger partial charge in [0.15, 0.2) is 0 Å². The van der Waals surface area contributed by atoms with Crippen LogP contribution < -0.4 is 5.73 Å². The SMILES string of the molecule is Cc1c(C(=O)N2CCCCC2)cnn1CCCN. The fourth-order valence-corrected chi connectivity index (χ4v) is 2.39. The molecule has 1 aliphatic rings. The third kappa shape index (κ3) is 2.72. The fraction of sp³-hybridized carbons (Fsp3) is 0.692.